The number of para-hydroxylation sites is 1. The highest BCUT2D eigenvalue weighted by Gasteiger charge is 2.43. The average Bonchev–Trinajstić information content (AvgIpc) is 3.62. The minimum atomic E-state index is -0.745. The van der Waals surface area contributed by atoms with Gasteiger partial charge in [0.1, 0.15) is 6.04 Å². The minimum absolute atomic E-state index is 0.000330. The van der Waals surface area contributed by atoms with Crippen LogP contribution in [-0.2, 0) is 35.1 Å². The van der Waals surface area contributed by atoms with Crippen molar-refractivity contribution in [2.45, 2.75) is 117 Å². The molecule has 0 saturated carbocycles. The van der Waals surface area contributed by atoms with Crippen LogP contribution in [0, 0.1) is 23.7 Å². The van der Waals surface area contributed by atoms with E-state index in [4.69, 9.17) is 9.47 Å². The van der Waals surface area contributed by atoms with Crippen LogP contribution >= 0.6 is 0 Å². The summed E-state index contributed by atoms with van der Waals surface area (Å²) in [6.07, 6.45) is 3.70. The Bertz CT molecular complexity index is 1520. The molecule has 1 aromatic heterocycles. The Balaban J connectivity index is 1.73. The smallest absolute Gasteiger partial charge is 0.245 e. The second kappa shape index (κ2) is 20.9. The first kappa shape index (κ1) is 44.8. The molecule has 3 rings (SSSR count). The number of benzene rings is 1. The second-order valence-corrected chi connectivity index (χ2v) is 16.0. The van der Waals surface area contributed by atoms with E-state index >= 15 is 0 Å². The van der Waals surface area contributed by atoms with E-state index in [2.05, 4.69) is 29.5 Å². The third-order valence-corrected chi connectivity index (χ3v) is 11.4. The van der Waals surface area contributed by atoms with Crippen LogP contribution in [-0.4, -0.2) is 128 Å². The number of likely N-dealkylation sites (tertiary alicyclic amines) is 1. The maximum Gasteiger partial charge on any atom is 0.245 e. The number of hydrogen-bond donors (Lipinski definition) is 2. The van der Waals surface area contributed by atoms with Crippen molar-refractivity contribution in [1.82, 2.24) is 30.3 Å². The second-order valence-electron chi connectivity index (χ2n) is 16.0. The summed E-state index contributed by atoms with van der Waals surface area (Å²) < 4.78 is 12.0. The van der Waals surface area contributed by atoms with E-state index in [1.54, 1.807) is 32.4 Å². The molecule has 302 valence electrons. The summed E-state index contributed by atoms with van der Waals surface area (Å²) in [5.41, 5.74) is 2.04. The number of methoxy groups -OCH3 is 2. The van der Waals surface area contributed by atoms with E-state index < -0.39 is 30.2 Å². The van der Waals surface area contributed by atoms with Crippen LogP contribution < -0.4 is 10.6 Å². The van der Waals surface area contributed by atoms with Crippen LogP contribution in [0.1, 0.15) is 79.7 Å². The molecule has 2 aromatic rings. The number of fused-ring (bicyclic) bond motifs is 1. The van der Waals surface area contributed by atoms with Gasteiger partial charge in [0.15, 0.2) is 0 Å². The van der Waals surface area contributed by atoms with Gasteiger partial charge in [0.25, 0.3) is 0 Å². The van der Waals surface area contributed by atoms with Crippen molar-refractivity contribution >= 4 is 34.5 Å². The van der Waals surface area contributed by atoms with Crippen molar-refractivity contribution in [1.29, 1.82) is 0 Å². The van der Waals surface area contributed by atoms with Crippen molar-refractivity contribution in [2.75, 3.05) is 48.5 Å². The lowest BCUT2D eigenvalue weighted by atomic mass is 9.89. The summed E-state index contributed by atoms with van der Waals surface area (Å²) in [7, 11) is 8.66. The number of pyridine rings is 1. The Labute approximate surface area is 324 Å². The van der Waals surface area contributed by atoms with Crippen LogP contribution in [0.3, 0.4) is 0 Å². The number of carbonyl (C=O) groups excluding carboxylic acids is 4. The van der Waals surface area contributed by atoms with E-state index in [9.17, 15) is 19.2 Å². The number of rotatable bonds is 20. The van der Waals surface area contributed by atoms with Gasteiger partial charge in [-0.1, -0.05) is 73.1 Å². The van der Waals surface area contributed by atoms with Gasteiger partial charge in [-0.3, -0.25) is 29.1 Å². The molecule has 1 saturated heterocycles. The Morgan fingerprint density at radius 3 is 2.22 bits per heavy atom. The van der Waals surface area contributed by atoms with Crippen LogP contribution in [0.4, 0.5) is 0 Å². The van der Waals surface area contributed by atoms with E-state index in [-0.39, 0.29) is 59.9 Å². The molecular weight excluding hydrogens is 684 g/mol. The van der Waals surface area contributed by atoms with E-state index in [0.29, 0.717) is 19.5 Å². The molecule has 2 heterocycles. The molecule has 1 fully saturated rings. The molecule has 12 nitrogen and oxygen atoms in total. The zero-order valence-electron chi connectivity index (χ0n) is 34.9. The zero-order valence-corrected chi connectivity index (χ0v) is 34.9. The lowest BCUT2D eigenvalue weighted by Crippen LogP contribution is -2.59. The standard InChI is InChI=1S/C42H68N6O6/c1-13-28(6)38(47(10)42(52)36(26(2)3)45-41(51)37(27(4)5)46(8)9)34(53-11)25-35(49)48-24-16-19-33(48)39(54-12)29(7)40(50)44-23-21-30-20-22-43-32-18-15-14-17-31(30)32/h14-15,17-18,20,22,26-29,33-34,36-39H,13,16,19,21,23-25H2,1-12H3,(H,44,50)(H,45,51)/t28-,29+,33-,34+,36-,37?,38?,39+/m0/s1. The molecule has 1 aliphatic heterocycles. The first-order valence-electron chi connectivity index (χ1n) is 19.8. The first-order chi connectivity index (χ1) is 25.6. The van der Waals surface area contributed by atoms with Gasteiger partial charge < -0.3 is 29.9 Å². The predicted octanol–water partition coefficient (Wildman–Crippen LogP) is 4.54. The monoisotopic (exact) mass is 753 g/mol. The summed E-state index contributed by atoms with van der Waals surface area (Å²) in [5.74, 6) is -1.23. The summed E-state index contributed by atoms with van der Waals surface area (Å²) in [4.78, 5) is 65.2. The summed E-state index contributed by atoms with van der Waals surface area (Å²) >= 11 is 0. The van der Waals surface area contributed by atoms with Crippen molar-refractivity contribution in [3.8, 4) is 0 Å². The molecule has 0 aliphatic carbocycles. The largest absolute Gasteiger partial charge is 0.379 e. The van der Waals surface area contributed by atoms with Gasteiger partial charge in [0, 0.05) is 45.9 Å². The number of nitrogens with zero attached hydrogens (tertiary/aromatic N) is 4. The Morgan fingerprint density at radius 1 is 0.944 bits per heavy atom. The van der Waals surface area contributed by atoms with Gasteiger partial charge >= 0.3 is 0 Å². The quantitative estimate of drug-likeness (QED) is 0.202. The molecule has 1 aliphatic rings. The molecule has 4 amide bonds. The number of hydrogen-bond acceptors (Lipinski definition) is 8. The van der Waals surface area contributed by atoms with Gasteiger partial charge in [-0.05, 0) is 68.8 Å². The van der Waals surface area contributed by atoms with Crippen LogP contribution in [0.15, 0.2) is 36.5 Å². The molecule has 2 N–H and O–H groups in total. The fourth-order valence-electron chi connectivity index (χ4n) is 8.27. The van der Waals surface area contributed by atoms with Gasteiger partial charge in [-0.15, -0.1) is 0 Å². The Hall–Kier alpha value is -3.61. The highest BCUT2D eigenvalue weighted by Crippen LogP contribution is 2.30. The van der Waals surface area contributed by atoms with Crippen LogP contribution in [0.25, 0.3) is 10.9 Å². The van der Waals surface area contributed by atoms with Crippen molar-refractivity contribution in [3.05, 3.63) is 42.1 Å². The SMILES string of the molecule is CC[C@H](C)C([C@@H](CC(=O)N1CCC[C@H]1[C@H](OC)[C@@H](C)C(=O)NCCc1ccnc2ccccc12)OC)N(C)C(=O)[C@@H](NC(=O)C(C(C)C)N(C)C)C(C)C. The van der Waals surface area contributed by atoms with Gasteiger partial charge in [0.05, 0.1) is 48.2 Å². The fourth-order valence-corrected chi connectivity index (χ4v) is 8.27. The summed E-state index contributed by atoms with van der Waals surface area (Å²) in [6, 6.07) is 8.12. The fraction of sp³-hybridized carbons (Fsp3) is 0.690. The number of nitrogens with one attached hydrogen (secondary N) is 2. The average molecular weight is 753 g/mol. The third-order valence-electron chi connectivity index (χ3n) is 11.4. The Kier molecular flexibility index (Phi) is 17.3. The van der Waals surface area contributed by atoms with Crippen molar-refractivity contribution in [3.63, 3.8) is 0 Å². The number of carbonyl (C=O) groups is 4. The summed E-state index contributed by atoms with van der Waals surface area (Å²) in [6.45, 7) is 14.8. The minimum Gasteiger partial charge on any atom is -0.379 e. The Morgan fingerprint density at radius 2 is 1.63 bits per heavy atom. The molecule has 12 heteroatoms. The molecule has 0 bridgehead atoms. The highest BCUT2D eigenvalue weighted by atomic mass is 16.5. The normalized spacial score (nSPS) is 18.6. The maximum atomic E-state index is 14.2. The number of likely N-dealkylation sites (N-methyl/N-ethyl adjacent to an activating group) is 2. The van der Waals surface area contributed by atoms with Gasteiger partial charge in [-0.25, -0.2) is 0 Å². The molecule has 54 heavy (non-hydrogen) atoms. The number of ether oxygens (including phenoxy) is 2. The van der Waals surface area contributed by atoms with E-state index in [1.165, 1.54) is 0 Å². The van der Waals surface area contributed by atoms with Gasteiger partial charge in [0.2, 0.25) is 23.6 Å². The van der Waals surface area contributed by atoms with Crippen LogP contribution in [0.5, 0.6) is 0 Å². The molecule has 8 atom stereocenters. The molecule has 0 radical (unpaired) electrons. The number of amides is 4. The lowest BCUT2D eigenvalue weighted by Gasteiger charge is -2.41. The third kappa shape index (κ3) is 11.0. The van der Waals surface area contributed by atoms with E-state index in [0.717, 1.165) is 35.7 Å². The maximum absolute atomic E-state index is 14.2. The van der Waals surface area contributed by atoms with Crippen LogP contribution in [0.2, 0.25) is 0 Å². The topological polar surface area (TPSA) is 133 Å². The van der Waals surface area contributed by atoms with Crippen molar-refractivity contribution in [2.24, 2.45) is 23.7 Å². The zero-order chi connectivity index (χ0) is 40.3. The molecular formula is C42H68N6O6. The van der Waals surface area contributed by atoms with Gasteiger partial charge in [-0.2, -0.15) is 0 Å². The molecule has 0 spiro atoms. The van der Waals surface area contributed by atoms with Crippen molar-refractivity contribution < 1.29 is 28.7 Å². The number of aromatic nitrogens is 1. The highest BCUT2D eigenvalue weighted by molar-refractivity contribution is 5.90. The molecule has 2 unspecified atom stereocenters. The lowest BCUT2D eigenvalue weighted by molar-refractivity contribution is -0.148. The first-order valence-corrected chi connectivity index (χ1v) is 19.8. The summed E-state index contributed by atoms with van der Waals surface area (Å²) in [5, 5.41) is 7.22. The predicted molar refractivity (Wildman–Crippen MR) is 214 cm³/mol. The molecule has 1 aromatic carbocycles. The van der Waals surface area contributed by atoms with E-state index in [1.807, 2.05) is 88.8 Å².